The van der Waals surface area contributed by atoms with Gasteiger partial charge in [0.05, 0.1) is 17.8 Å². The van der Waals surface area contributed by atoms with Gasteiger partial charge in [-0.3, -0.25) is 19.0 Å². The molecule has 9 nitrogen and oxygen atoms in total. The molecule has 2 unspecified atom stereocenters. The number of carbonyl (C=O) groups excluding carboxylic acids is 1. The second-order valence-corrected chi connectivity index (χ2v) is 10.9. The number of fused-ring (bicyclic) bond motifs is 2. The Morgan fingerprint density at radius 3 is 2.50 bits per heavy atom. The molecule has 3 fully saturated rings. The van der Waals surface area contributed by atoms with E-state index < -0.39 is 23.1 Å². The molecule has 1 aromatic carbocycles. The molecule has 3 aliphatic heterocycles. The zero-order chi connectivity index (χ0) is 24.8. The van der Waals surface area contributed by atoms with Gasteiger partial charge in [-0.2, -0.15) is 8.78 Å². The van der Waals surface area contributed by atoms with E-state index in [0.717, 1.165) is 30.2 Å². The predicted octanol–water partition coefficient (Wildman–Crippen LogP) is 3.09. The van der Waals surface area contributed by atoms with E-state index in [1.165, 1.54) is 6.20 Å². The number of hydrogen-bond acceptors (Lipinski definition) is 7. The summed E-state index contributed by atoms with van der Waals surface area (Å²) in [5.74, 6) is 0.705. The van der Waals surface area contributed by atoms with Gasteiger partial charge in [0.15, 0.2) is 0 Å². The van der Waals surface area contributed by atoms with Crippen molar-refractivity contribution in [1.29, 1.82) is 0 Å². The molecule has 0 aliphatic carbocycles. The van der Waals surface area contributed by atoms with Gasteiger partial charge in [-0.05, 0) is 30.7 Å². The van der Waals surface area contributed by atoms with Crippen molar-refractivity contribution in [1.82, 2.24) is 25.0 Å². The van der Waals surface area contributed by atoms with E-state index in [-0.39, 0.29) is 24.5 Å². The quantitative estimate of drug-likeness (QED) is 0.499. The zero-order valence-electron chi connectivity index (χ0n) is 19.2. The SMILES string of the molecule is O=C(N(Cc1ccc(-c2nnc(C(F)F)o2)cn1)c1ccccc1)N1CC2CC1CN2C1CS(=O)C1. The van der Waals surface area contributed by atoms with Gasteiger partial charge in [0.1, 0.15) is 0 Å². The molecule has 2 aromatic heterocycles. The predicted molar refractivity (Wildman–Crippen MR) is 128 cm³/mol. The van der Waals surface area contributed by atoms with Gasteiger partial charge in [-0.25, -0.2) is 4.79 Å². The van der Waals surface area contributed by atoms with Gasteiger partial charge in [-0.1, -0.05) is 18.2 Å². The summed E-state index contributed by atoms with van der Waals surface area (Å²) in [6.07, 6.45) is -0.422. The highest BCUT2D eigenvalue weighted by Gasteiger charge is 2.50. The number of alkyl halides is 2. The maximum absolute atomic E-state index is 13.8. The number of benzene rings is 1. The summed E-state index contributed by atoms with van der Waals surface area (Å²) < 4.78 is 42.1. The Labute approximate surface area is 208 Å². The first-order valence-corrected chi connectivity index (χ1v) is 13.3. The Morgan fingerprint density at radius 1 is 1.08 bits per heavy atom. The highest BCUT2D eigenvalue weighted by Crippen LogP contribution is 2.36. The number of anilines is 1. The molecule has 0 saturated carbocycles. The van der Waals surface area contributed by atoms with Gasteiger partial charge in [-0.15, -0.1) is 10.2 Å². The van der Waals surface area contributed by atoms with Crippen molar-refractivity contribution in [2.45, 2.75) is 37.5 Å². The minimum Gasteiger partial charge on any atom is -0.415 e. The van der Waals surface area contributed by atoms with E-state index in [1.54, 1.807) is 17.0 Å². The summed E-state index contributed by atoms with van der Waals surface area (Å²) in [6, 6.07) is 13.6. The maximum atomic E-state index is 13.8. The van der Waals surface area contributed by atoms with Crippen LogP contribution in [0.5, 0.6) is 0 Å². The average Bonchev–Trinajstić information content (AvgIpc) is 3.62. The van der Waals surface area contributed by atoms with Crippen molar-refractivity contribution in [3.63, 3.8) is 0 Å². The van der Waals surface area contributed by atoms with Crippen LogP contribution in [0.3, 0.4) is 0 Å². The van der Waals surface area contributed by atoms with Crippen LogP contribution in [0.2, 0.25) is 0 Å². The van der Waals surface area contributed by atoms with Crippen molar-refractivity contribution in [2.24, 2.45) is 0 Å². The zero-order valence-corrected chi connectivity index (χ0v) is 20.1. The molecule has 2 atom stereocenters. The minimum absolute atomic E-state index is 0.0340. The molecular weight excluding hydrogens is 490 g/mol. The van der Waals surface area contributed by atoms with Crippen LogP contribution in [0.15, 0.2) is 53.1 Å². The second-order valence-electron chi connectivity index (χ2n) is 9.31. The van der Waals surface area contributed by atoms with Gasteiger partial charge < -0.3 is 9.32 Å². The highest BCUT2D eigenvalue weighted by molar-refractivity contribution is 7.86. The van der Waals surface area contributed by atoms with Crippen molar-refractivity contribution in [2.75, 3.05) is 29.5 Å². The summed E-state index contributed by atoms with van der Waals surface area (Å²) in [5.41, 5.74) is 1.82. The number of rotatable bonds is 6. The molecule has 2 bridgehead atoms. The number of aromatic nitrogens is 3. The van der Waals surface area contributed by atoms with Crippen LogP contribution in [0.25, 0.3) is 11.5 Å². The Hall–Kier alpha value is -3.25. The first-order chi connectivity index (χ1) is 17.5. The molecule has 188 valence electrons. The topological polar surface area (TPSA) is 95.7 Å². The smallest absolute Gasteiger partial charge is 0.325 e. The lowest BCUT2D eigenvalue weighted by atomic mass is 10.2. The van der Waals surface area contributed by atoms with E-state index in [2.05, 4.69) is 20.1 Å². The van der Waals surface area contributed by atoms with Crippen molar-refractivity contribution in [3.05, 3.63) is 60.2 Å². The molecule has 12 heteroatoms. The molecule has 3 saturated heterocycles. The summed E-state index contributed by atoms with van der Waals surface area (Å²) >= 11 is 0. The number of piperazine rings is 1. The molecule has 0 N–H and O–H groups in total. The normalized spacial score (nSPS) is 25.4. The van der Waals surface area contributed by atoms with Crippen molar-refractivity contribution >= 4 is 22.5 Å². The fourth-order valence-electron chi connectivity index (χ4n) is 5.23. The third kappa shape index (κ3) is 4.28. The first-order valence-electron chi connectivity index (χ1n) is 11.8. The van der Waals surface area contributed by atoms with Crippen LogP contribution in [0, 0.1) is 0 Å². The molecule has 3 aliphatic rings. The Kier molecular flexibility index (Phi) is 6.00. The number of urea groups is 1. The number of amides is 2. The highest BCUT2D eigenvalue weighted by atomic mass is 32.2. The number of halogens is 2. The molecule has 5 heterocycles. The number of pyridine rings is 1. The van der Waals surface area contributed by atoms with Crippen LogP contribution in [0.4, 0.5) is 19.3 Å². The Bertz CT molecular complexity index is 1270. The van der Waals surface area contributed by atoms with Crippen molar-refractivity contribution < 1.29 is 22.2 Å². The lowest BCUT2D eigenvalue weighted by Gasteiger charge is -2.43. The Morgan fingerprint density at radius 2 is 1.89 bits per heavy atom. The number of carbonyl (C=O) groups is 1. The molecule has 6 rings (SSSR count). The summed E-state index contributed by atoms with van der Waals surface area (Å²) in [4.78, 5) is 24.3. The molecule has 0 spiro atoms. The molecular formula is C24H24F2N6O3S. The lowest BCUT2D eigenvalue weighted by molar-refractivity contribution is 0.116. The molecule has 0 radical (unpaired) electrons. The second kappa shape index (κ2) is 9.32. The van der Waals surface area contributed by atoms with Crippen LogP contribution in [0.1, 0.15) is 24.4 Å². The Balaban J connectivity index is 1.18. The monoisotopic (exact) mass is 514 g/mol. The number of para-hydroxylation sites is 1. The summed E-state index contributed by atoms with van der Waals surface area (Å²) in [6.45, 7) is 1.72. The standard InChI is InChI=1S/C24H24F2N6O3S/c25-21(26)23-29-28-22(35-23)15-6-7-16(27-9-15)10-31(17-4-2-1-3-5-17)24(33)32-12-18-8-19(32)11-30(18)20-13-36(34)14-20/h1-7,9,18-21H,8,10-14H2. The van der Waals surface area contributed by atoms with Crippen LogP contribution < -0.4 is 4.90 Å². The first kappa shape index (κ1) is 23.2. The lowest BCUT2D eigenvalue weighted by Crippen LogP contribution is -2.59. The van der Waals surface area contributed by atoms with E-state index in [9.17, 15) is 17.8 Å². The van der Waals surface area contributed by atoms with E-state index in [1.807, 2.05) is 35.2 Å². The third-order valence-corrected chi connectivity index (χ3v) is 8.59. The molecule has 3 aromatic rings. The van der Waals surface area contributed by atoms with Gasteiger partial charge in [0.2, 0.25) is 5.89 Å². The van der Waals surface area contributed by atoms with E-state index in [4.69, 9.17) is 4.42 Å². The van der Waals surface area contributed by atoms with Crippen LogP contribution >= 0.6 is 0 Å². The average molecular weight is 515 g/mol. The fraction of sp³-hybridized carbons (Fsp3) is 0.417. The molecule has 2 amide bonds. The molecule has 36 heavy (non-hydrogen) atoms. The van der Waals surface area contributed by atoms with Gasteiger partial charge in [0, 0.05) is 65.4 Å². The maximum Gasteiger partial charge on any atom is 0.325 e. The minimum atomic E-state index is -2.84. The summed E-state index contributed by atoms with van der Waals surface area (Å²) in [7, 11) is -0.692. The fourth-order valence-corrected chi connectivity index (χ4v) is 6.37. The van der Waals surface area contributed by atoms with Gasteiger partial charge >= 0.3 is 12.5 Å². The number of nitrogens with zero attached hydrogens (tertiary/aromatic N) is 6. The van der Waals surface area contributed by atoms with E-state index in [0.29, 0.717) is 29.9 Å². The van der Waals surface area contributed by atoms with Crippen molar-refractivity contribution in [3.8, 4) is 11.5 Å². The largest absolute Gasteiger partial charge is 0.415 e. The van der Waals surface area contributed by atoms with Gasteiger partial charge in [0.25, 0.3) is 5.89 Å². The number of hydrogen-bond donors (Lipinski definition) is 0. The van der Waals surface area contributed by atoms with Crippen LogP contribution in [-0.4, -0.2) is 77.9 Å². The number of likely N-dealkylation sites (tertiary alicyclic amines) is 2. The van der Waals surface area contributed by atoms with E-state index >= 15 is 0 Å². The van der Waals surface area contributed by atoms with Crippen LogP contribution in [-0.2, 0) is 17.3 Å². The third-order valence-electron chi connectivity index (χ3n) is 7.07. The summed E-state index contributed by atoms with van der Waals surface area (Å²) in [5, 5.41) is 7.00.